The van der Waals surface area contributed by atoms with Crippen molar-refractivity contribution in [2.45, 2.75) is 12.0 Å². The molecule has 6 aromatic rings. The van der Waals surface area contributed by atoms with Crippen LogP contribution < -0.4 is 10.6 Å². The number of hydrogen-bond acceptors (Lipinski definition) is 3. The summed E-state index contributed by atoms with van der Waals surface area (Å²) in [5, 5.41) is 11.1. The Bertz CT molecular complexity index is 1890. The topological polar surface area (TPSA) is 37.0 Å². The van der Waals surface area contributed by atoms with E-state index in [0.29, 0.717) is 0 Å². The summed E-state index contributed by atoms with van der Waals surface area (Å²) < 4.78 is 0. The van der Waals surface area contributed by atoms with Gasteiger partial charge in [-0.2, -0.15) is 0 Å². The zero-order chi connectivity index (χ0) is 25.8. The molecule has 3 heterocycles. The van der Waals surface area contributed by atoms with Gasteiger partial charge in [0.25, 0.3) is 0 Å². The van der Waals surface area contributed by atoms with Crippen LogP contribution in [0.3, 0.4) is 0 Å². The van der Waals surface area contributed by atoms with Gasteiger partial charge in [-0.1, -0.05) is 103 Å². The summed E-state index contributed by atoms with van der Waals surface area (Å²) in [7, 11) is 0. The van der Waals surface area contributed by atoms with E-state index in [1.165, 1.54) is 44.3 Å². The van der Waals surface area contributed by atoms with Crippen molar-refractivity contribution in [1.82, 2.24) is 4.98 Å². The van der Waals surface area contributed by atoms with Crippen molar-refractivity contribution in [3.63, 3.8) is 0 Å². The van der Waals surface area contributed by atoms with Gasteiger partial charge in [0.1, 0.15) is 0 Å². The number of fused-ring (bicyclic) bond motifs is 6. The minimum Gasteiger partial charge on any atom is -0.379 e. The molecule has 2 aliphatic rings. The Kier molecular flexibility index (Phi) is 5.02. The van der Waals surface area contributed by atoms with Gasteiger partial charge < -0.3 is 10.6 Å². The highest BCUT2D eigenvalue weighted by Crippen LogP contribution is 2.50. The molecule has 2 unspecified atom stereocenters. The second kappa shape index (κ2) is 8.85. The molecule has 2 aliphatic heterocycles. The van der Waals surface area contributed by atoms with E-state index < -0.39 is 0 Å². The summed E-state index contributed by atoms with van der Waals surface area (Å²) in [6, 6.07) is 39.9. The highest BCUT2D eigenvalue weighted by atomic mass is 15.0. The molecule has 2 atom stereocenters. The van der Waals surface area contributed by atoms with Gasteiger partial charge in [0, 0.05) is 35.3 Å². The van der Waals surface area contributed by atoms with Crippen LogP contribution >= 0.6 is 0 Å². The molecule has 0 saturated carbocycles. The molecule has 0 amide bonds. The number of pyridine rings is 1. The molecule has 1 aromatic heterocycles. The average molecular weight is 502 g/mol. The van der Waals surface area contributed by atoms with Crippen LogP contribution in [0.15, 0.2) is 121 Å². The summed E-state index contributed by atoms with van der Waals surface area (Å²) in [5.41, 5.74) is 10.9. The third-order valence-electron chi connectivity index (χ3n) is 8.25. The Morgan fingerprint density at radius 3 is 2.31 bits per heavy atom. The molecule has 0 saturated heterocycles. The van der Waals surface area contributed by atoms with Gasteiger partial charge in [-0.15, -0.1) is 0 Å². The molecule has 0 spiro atoms. The van der Waals surface area contributed by atoms with E-state index in [1.54, 1.807) is 0 Å². The van der Waals surface area contributed by atoms with Gasteiger partial charge in [-0.25, -0.2) is 0 Å². The zero-order valence-corrected chi connectivity index (χ0v) is 21.4. The van der Waals surface area contributed by atoms with E-state index in [1.807, 2.05) is 6.20 Å². The monoisotopic (exact) mass is 501 g/mol. The quantitative estimate of drug-likeness (QED) is 0.254. The molecule has 0 aliphatic carbocycles. The van der Waals surface area contributed by atoms with E-state index in [-0.39, 0.29) is 12.0 Å². The van der Waals surface area contributed by atoms with Crippen molar-refractivity contribution < 1.29 is 0 Å². The molecular formula is C36H27N3. The van der Waals surface area contributed by atoms with Gasteiger partial charge in [0.15, 0.2) is 0 Å². The van der Waals surface area contributed by atoms with Crippen LogP contribution in [0.1, 0.15) is 34.2 Å². The smallest absolute Gasteiger partial charge is 0.0939 e. The van der Waals surface area contributed by atoms with Crippen LogP contribution in [0, 0.1) is 0 Å². The van der Waals surface area contributed by atoms with Crippen LogP contribution in [0.4, 0.5) is 11.4 Å². The normalized spacial score (nSPS) is 17.4. The van der Waals surface area contributed by atoms with Crippen LogP contribution in [0.25, 0.3) is 38.9 Å². The van der Waals surface area contributed by atoms with E-state index in [0.717, 1.165) is 28.7 Å². The fourth-order valence-corrected chi connectivity index (χ4v) is 6.41. The molecule has 0 fully saturated rings. The van der Waals surface area contributed by atoms with Gasteiger partial charge >= 0.3 is 0 Å². The number of benzene rings is 5. The Morgan fingerprint density at radius 1 is 0.692 bits per heavy atom. The van der Waals surface area contributed by atoms with Crippen LogP contribution in [-0.4, -0.2) is 11.5 Å². The summed E-state index contributed by atoms with van der Waals surface area (Å²) in [4.78, 5) is 4.90. The summed E-state index contributed by atoms with van der Waals surface area (Å²) in [5.74, 6) is 0.230. The minimum absolute atomic E-state index is 0.188. The van der Waals surface area contributed by atoms with Crippen molar-refractivity contribution in [2.75, 3.05) is 17.2 Å². The van der Waals surface area contributed by atoms with Crippen molar-refractivity contribution >= 4 is 39.1 Å². The summed E-state index contributed by atoms with van der Waals surface area (Å²) in [6.45, 7) is 0.842. The van der Waals surface area contributed by atoms with Crippen LogP contribution in [0.5, 0.6) is 0 Å². The van der Waals surface area contributed by atoms with Crippen molar-refractivity contribution in [3.8, 4) is 11.1 Å². The first-order valence-electron chi connectivity index (χ1n) is 13.6. The molecule has 5 aromatic carbocycles. The predicted octanol–water partition coefficient (Wildman–Crippen LogP) is 8.79. The zero-order valence-electron chi connectivity index (χ0n) is 21.4. The second-order valence-corrected chi connectivity index (χ2v) is 10.5. The lowest BCUT2D eigenvalue weighted by Gasteiger charge is -2.22. The lowest BCUT2D eigenvalue weighted by atomic mass is 9.82. The second-order valence-electron chi connectivity index (χ2n) is 10.5. The SMILES string of the molecule is C1=Cc2ccc3cc(-c4ccc5c6c(ccc5c4)NC(c4ccccc4)C6c4ccccc4)cnc3c2NC1. The van der Waals surface area contributed by atoms with Crippen molar-refractivity contribution in [1.29, 1.82) is 0 Å². The van der Waals surface area contributed by atoms with Gasteiger partial charge in [-0.05, 0) is 56.8 Å². The third-order valence-corrected chi connectivity index (χ3v) is 8.25. The maximum absolute atomic E-state index is 4.90. The van der Waals surface area contributed by atoms with Gasteiger partial charge in [0.2, 0.25) is 0 Å². The Morgan fingerprint density at radius 2 is 1.46 bits per heavy atom. The van der Waals surface area contributed by atoms with Crippen molar-refractivity contribution in [3.05, 3.63) is 144 Å². The van der Waals surface area contributed by atoms with E-state index in [2.05, 4.69) is 132 Å². The molecule has 0 radical (unpaired) electrons. The molecule has 2 N–H and O–H groups in total. The standard InChI is InChI=1S/C36H27N3/c1-3-8-23(9-4-1)32-33-30-17-15-26(20-27(30)16-18-31(33)39-34(32)24-10-5-2-6-11-24)29-21-28-14-13-25-12-7-19-37-35(25)36(28)38-22-29/h1-18,20-22,32,34,37,39H,19H2. The fourth-order valence-electron chi connectivity index (χ4n) is 6.41. The molecule has 3 nitrogen and oxygen atoms in total. The minimum atomic E-state index is 0.188. The first kappa shape index (κ1) is 22.1. The molecule has 186 valence electrons. The van der Waals surface area contributed by atoms with Crippen molar-refractivity contribution in [2.24, 2.45) is 0 Å². The largest absolute Gasteiger partial charge is 0.379 e. The fraction of sp³-hybridized carbons (Fsp3) is 0.0833. The summed E-state index contributed by atoms with van der Waals surface area (Å²) in [6.07, 6.45) is 6.33. The third kappa shape index (κ3) is 3.62. The Balaban J connectivity index is 1.25. The Labute approximate surface area is 227 Å². The maximum atomic E-state index is 4.90. The van der Waals surface area contributed by atoms with Crippen LogP contribution in [0.2, 0.25) is 0 Å². The number of rotatable bonds is 3. The number of nitrogens with zero attached hydrogens (tertiary/aromatic N) is 1. The average Bonchev–Trinajstić information content (AvgIpc) is 3.41. The highest BCUT2D eigenvalue weighted by Gasteiger charge is 2.35. The lowest BCUT2D eigenvalue weighted by Crippen LogP contribution is -2.12. The highest BCUT2D eigenvalue weighted by molar-refractivity contribution is 5.99. The molecule has 8 rings (SSSR count). The van der Waals surface area contributed by atoms with Crippen LogP contribution in [-0.2, 0) is 0 Å². The van der Waals surface area contributed by atoms with Gasteiger partial charge in [-0.3, -0.25) is 4.98 Å². The number of hydrogen-bond donors (Lipinski definition) is 2. The molecule has 0 bridgehead atoms. The predicted molar refractivity (Wildman–Crippen MR) is 163 cm³/mol. The molecule has 39 heavy (non-hydrogen) atoms. The van der Waals surface area contributed by atoms with Gasteiger partial charge in [0.05, 0.1) is 17.2 Å². The lowest BCUT2D eigenvalue weighted by molar-refractivity contribution is 0.716. The number of nitrogens with one attached hydrogen (secondary N) is 2. The Hall–Kier alpha value is -4.89. The van der Waals surface area contributed by atoms with E-state index >= 15 is 0 Å². The number of aromatic nitrogens is 1. The summed E-state index contributed by atoms with van der Waals surface area (Å²) >= 11 is 0. The van der Waals surface area contributed by atoms with E-state index in [4.69, 9.17) is 4.98 Å². The molecule has 3 heteroatoms. The van der Waals surface area contributed by atoms with E-state index in [9.17, 15) is 0 Å². The number of anilines is 2. The first-order chi connectivity index (χ1) is 19.3. The molecular weight excluding hydrogens is 474 g/mol. The first-order valence-corrected chi connectivity index (χ1v) is 13.6. The maximum Gasteiger partial charge on any atom is 0.0939 e.